The summed E-state index contributed by atoms with van der Waals surface area (Å²) in [5.74, 6) is 3.61. The van der Waals surface area contributed by atoms with Gasteiger partial charge in [0.1, 0.15) is 23.7 Å². The fourth-order valence-electron chi connectivity index (χ4n) is 3.85. The average molecular weight is 550 g/mol. The Morgan fingerprint density at radius 3 is 1.85 bits per heavy atom. The summed E-state index contributed by atoms with van der Waals surface area (Å²) in [5, 5.41) is 8.07. The van der Waals surface area contributed by atoms with E-state index in [1.807, 2.05) is 65.0 Å². The largest absolute Gasteiger partial charge is 0.444 e. The van der Waals surface area contributed by atoms with Crippen LogP contribution in [0, 0.1) is 5.92 Å². The van der Waals surface area contributed by atoms with E-state index < -0.39 is 59.2 Å². The summed E-state index contributed by atoms with van der Waals surface area (Å²) in [6.07, 6.45) is -1.01. The minimum Gasteiger partial charge on any atom is -0.444 e. The molecular formula is C28H47N5O6. The van der Waals surface area contributed by atoms with Gasteiger partial charge < -0.3 is 25.4 Å². The molecule has 0 aliphatic rings. The lowest BCUT2D eigenvalue weighted by Gasteiger charge is -2.32. The second-order valence-electron chi connectivity index (χ2n) is 12.0. The van der Waals surface area contributed by atoms with Gasteiger partial charge in [0, 0.05) is 6.42 Å². The first-order chi connectivity index (χ1) is 17.9. The molecule has 0 aromatic heterocycles. The minimum absolute atomic E-state index is 0.0254. The van der Waals surface area contributed by atoms with Crippen LogP contribution in [0.25, 0.3) is 0 Å². The van der Waals surface area contributed by atoms with Gasteiger partial charge in [0.15, 0.2) is 0 Å². The molecule has 1 aromatic carbocycles. The molecule has 0 radical (unpaired) electrons. The fraction of sp³-hybridized carbons (Fsp3) is 0.643. The van der Waals surface area contributed by atoms with Gasteiger partial charge in [-0.05, 0) is 66.4 Å². The molecule has 0 saturated carbocycles. The van der Waals surface area contributed by atoms with Crippen molar-refractivity contribution in [2.45, 2.75) is 111 Å². The van der Waals surface area contributed by atoms with Crippen LogP contribution in [0.3, 0.4) is 0 Å². The summed E-state index contributed by atoms with van der Waals surface area (Å²) in [6.45, 7) is 16.1. The first-order valence-corrected chi connectivity index (χ1v) is 13.2. The number of benzene rings is 1. The van der Waals surface area contributed by atoms with Crippen molar-refractivity contribution < 1.29 is 28.7 Å². The smallest absolute Gasteiger partial charge is 0.408 e. The molecular weight excluding hydrogens is 502 g/mol. The van der Waals surface area contributed by atoms with E-state index in [1.54, 1.807) is 27.7 Å². The van der Waals surface area contributed by atoms with Gasteiger partial charge in [0.25, 0.3) is 5.91 Å². The number of carbonyl (C=O) groups is 4. The van der Waals surface area contributed by atoms with E-state index in [4.69, 9.17) is 15.3 Å². The van der Waals surface area contributed by atoms with Gasteiger partial charge in [-0.25, -0.2) is 10.6 Å². The second-order valence-corrected chi connectivity index (χ2v) is 12.0. The number of carbonyl (C=O) groups excluding carboxylic acids is 4. The standard InChI is InChI=1S/C28H47N5O6/c1-17(2)15-20(24(35)32-22(25(36)33-29)18(3)38-27(4,5)6)30-23(34)21(16-19-13-11-10-12-14-19)31-26(37)39-28(7,8)9/h10-14,17-18,20-22H,15-16,29H2,1-9H3,(H,30,34)(H,31,37)(H,32,35)(H,33,36). The maximum atomic E-state index is 13.5. The number of rotatable bonds is 12. The molecule has 39 heavy (non-hydrogen) atoms. The van der Waals surface area contributed by atoms with Crippen molar-refractivity contribution in [1.82, 2.24) is 21.4 Å². The third-order valence-electron chi connectivity index (χ3n) is 5.36. The van der Waals surface area contributed by atoms with Crippen LogP contribution in [-0.2, 0) is 30.3 Å². The zero-order valence-corrected chi connectivity index (χ0v) is 24.7. The lowest BCUT2D eigenvalue weighted by atomic mass is 10.0. The van der Waals surface area contributed by atoms with E-state index in [9.17, 15) is 19.2 Å². The predicted octanol–water partition coefficient (Wildman–Crippen LogP) is 2.33. The van der Waals surface area contributed by atoms with Crippen molar-refractivity contribution in [3.05, 3.63) is 35.9 Å². The van der Waals surface area contributed by atoms with Gasteiger partial charge in [-0.1, -0.05) is 44.2 Å². The molecule has 0 saturated heterocycles. The number of hydrazine groups is 1. The highest BCUT2D eigenvalue weighted by atomic mass is 16.6. The van der Waals surface area contributed by atoms with Gasteiger partial charge in [-0.3, -0.25) is 19.8 Å². The third-order valence-corrected chi connectivity index (χ3v) is 5.36. The average Bonchev–Trinajstić information content (AvgIpc) is 2.79. The SMILES string of the molecule is CC(C)CC(NC(=O)C(Cc1ccccc1)NC(=O)OC(C)(C)C)C(=O)NC(C(=O)NN)C(C)OC(C)(C)C. The van der Waals surface area contributed by atoms with Crippen molar-refractivity contribution in [2.24, 2.45) is 11.8 Å². The molecule has 11 heteroatoms. The Morgan fingerprint density at radius 2 is 1.36 bits per heavy atom. The topological polar surface area (TPSA) is 161 Å². The Balaban J connectivity index is 3.18. The molecule has 4 amide bonds. The Kier molecular flexibility index (Phi) is 12.9. The lowest BCUT2D eigenvalue weighted by Crippen LogP contribution is -2.60. The number of amides is 4. The number of ether oxygens (including phenoxy) is 2. The molecule has 4 unspecified atom stereocenters. The Morgan fingerprint density at radius 1 is 0.795 bits per heavy atom. The van der Waals surface area contributed by atoms with Crippen LogP contribution in [0.5, 0.6) is 0 Å². The van der Waals surface area contributed by atoms with Gasteiger partial charge >= 0.3 is 6.09 Å². The van der Waals surface area contributed by atoms with E-state index in [0.717, 1.165) is 5.56 Å². The molecule has 0 heterocycles. The first-order valence-electron chi connectivity index (χ1n) is 13.2. The van der Waals surface area contributed by atoms with E-state index >= 15 is 0 Å². The first kappa shape index (κ1) is 33.8. The van der Waals surface area contributed by atoms with E-state index in [-0.39, 0.29) is 18.8 Å². The Hall–Kier alpha value is -3.18. The third kappa shape index (κ3) is 13.4. The van der Waals surface area contributed by atoms with Crippen molar-refractivity contribution in [3.63, 3.8) is 0 Å². The quantitative estimate of drug-likeness (QED) is 0.152. The molecule has 0 spiro atoms. The molecule has 0 aliphatic heterocycles. The molecule has 0 fully saturated rings. The van der Waals surface area contributed by atoms with Crippen molar-refractivity contribution in [1.29, 1.82) is 0 Å². The van der Waals surface area contributed by atoms with Crippen LogP contribution >= 0.6 is 0 Å². The number of nitrogens with one attached hydrogen (secondary N) is 4. The molecule has 0 aliphatic carbocycles. The molecule has 1 rings (SSSR count). The van der Waals surface area contributed by atoms with Gasteiger partial charge in [-0.15, -0.1) is 0 Å². The molecule has 6 N–H and O–H groups in total. The number of nitrogens with two attached hydrogens (primary N) is 1. The van der Waals surface area contributed by atoms with Crippen LogP contribution in [0.2, 0.25) is 0 Å². The number of alkyl carbamates (subject to hydrolysis) is 1. The summed E-state index contributed by atoms with van der Waals surface area (Å²) in [6, 6.07) is 6.06. The molecule has 4 atom stereocenters. The van der Waals surface area contributed by atoms with Gasteiger partial charge in [-0.2, -0.15) is 0 Å². The zero-order chi connectivity index (χ0) is 30.0. The summed E-state index contributed by atoms with van der Waals surface area (Å²) >= 11 is 0. The highest BCUT2D eigenvalue weighted by Crippen LogP contribution is 2.15. The summed E-state index contributed by atoms with van der Waals surface area (Å²) in [7, 11) is 0. The fourth-order valence-corrected chi connectivity index (χ4v) is 3.85. The highest BCUT2D eigenvalue weighted by Gasteiger charge is 2.34. The monoisotopic (exact) mass is 549 g/mol. The summed E-state index contributed by atoms with van der Waals surface area (Å²) in [4.78, 5) is 51.9. The van der Waals surface area contributed by atoms with Crippen LogP contribution in [0.15, 0.2) is 30.3 Å². The maximum absolute atomic E-state index is 13.5. The van der Waals surface area contributed by atoms with Gasteiger partial charge in [0.05, 0.1) is 11.7 Å². The van der Waals surface area contributed by atoms with Crippen molar-refractivity contribution in [3.8, 4) is 0 Å². The highest BCUT2D eigenvalue weighted by molar-refractivity contribution is 5.94. The zero-order valence-electron chi connectivity index (χ0n) is 24.7. The van der Waals surface area contributed by atoms with Gasteiger partial charge in [0.2, 0.25) is 11.8 Å². The summed E-state index contributed by atoms with van der Waals surface area (Å²) in [5.41, 5.74) is 1.53. The maximum Gasteiger partial charge on any atom is 0.408 e. The lowest BCUT2D eigenvalue weighted by molar-refractivity contribution is -0.139. The van der Waals surface area contributed by atoms with Crippen molar-refractivity contribution in [2.75, 3.05) is 0 Å². The summed E-state index contributed by atoms with van der Waals surface area (Å²) < 4.78 is 11.2. The van der Waals surface area contributed by atoms with E-state index in [1.165, 1.54) is 0 Å². The predicted molar refractivity (Wildman–Crippen MR) is 149 cm³/mol. The van der Waals surface area contributed by atoms with E-state index in [2.05, 4.69) is 21.4 Å². The minimum atomic E-state index is -1.10. The molecule has 1 aromatic rings. The number of hydrogen-bond donors (Lipinski definition) is 5. The molecule has 11 nitrogen and oxygen atoms in total. The van der Waals surface area contributed by atoms with Crippen LogP contribution in [0.4, 0.5) is 4.79 Å². The van der Waals surface area contributed by atoms with Crippen molar-refractivity contribution >= 4 is 23.8 Å². The molecule has 220 valence electrons. The van der Waals surface area contributed by atoms with Crippen LogP contribution in [-0.4, -0.2) is 59.2 Å². The van der Waals surface area contributed by atoms with Crippen LogP contribution in [0.1, 0.15) is 74.3 Å². The second kappa shape index (κ2) is 14.8. The van der Waals surface area contributed by atoms with Crippen LogP contribution < -0.4 is 27.2 Å². The Labute approximate surface area is 232 Å². The van der Waals surface area contributed by atoms with E-state index in [0.29, 0.717) is 0 Å². The molecule has 0 bridgehead atoms. The number of hydrogen-bond acceptors (Lipinski definition) is 7. The normalized spacial score (nSPS) is 14.9. The Bertz CT molecular complexity index is 955.